The number of esters is 1. The molecule has 3 aromatic carbocycles. The summed E-state index contributed by atoms with van der Waals surface area (Å²) < 4.78 is 5.41. The van der Waals surface area contributed by atoms with E-state index in [4.69, 9.17) is 10.5 Å². The van der Waals surface area contributed by atoms with Crippen LogP contribution in [0.1, 0.15) is 34.3 Å². The number of carbonyl (C=O) groups is 1. The SMILES string of the molecule is CC(Cc1ccccc1)c1ccc(OC(=O)c2ccc(N)cc2)cc1. The minimum atomic E-state index is -0.384. The standard InChI is InChI=1S/C22H21NO2/c1-16(15-17-5-3-2-4-6-17)18-9-13-21(14-10-18)25-22(24)19-7-11-20(23)12-8-19/h2-14,16H,15,23H2,1H3. The van der Waals surface area contributed by atoms with Crippen molar-refractivity contribution in [2.75, 3.05) is 5.73 Å². The minimum absolute atomic E-state index is 0.384. The van der Waals surface area contributed by atoms with E-state index in [1.54, 1.807) is 24.3 Å². The minimum Gasteiger partial charge on any atom is -0.423 e. The van der Waals surface area contributed by atoms with E-state index < -0.39 is 0 Å². The molecule has 0 amide bonds. The summed E-state index contributed by atoms with van der Waals surface area (Å²) >= 11 is 0. The molecule has 0 aliphatic rings. The Morgan fingerprint density at radius 1 is 0.920 bits per heavy atom. The van der Waals surface area contributed by atoms with Gasteiger partial charge < -0.3 is 10.5 Å². The predicted molar refractivity (Wildman–Crippen MR) is 101 cm³/mol. The van der Waals surface area contributed by atoms with Crippen molar-refractivity contribution in [1.82, 2.24) is 0 Å². The van der Waals surface area contributed by atoms with Gasteiger partial charge in [-0.15, -0.1) is 0 Å². The Hall–Kier alpha value is -3.07. The fourth-order valence-electron chi connectivity index (χ4n) is 2.74. The second kappa shape index (κ2) is 7.67. The van der Waals surface area contributed by atoms with Gasteiger partial charge in [0.2, 0.25) is 0 Å². The van der Waals surface area contributed by atoms with Crippen LogP contribution in [-0.4, -0.2) is 5.97 Å². The van der Waals surface area contributed by atoms with Gasteiger partial charge in [-0.1, -0.05) is 49.4 Å². The summed E-state index contributed by atoms with van der Waals surface area (Å²) in [7, 11) is 0. The molecule has 25 heavy (non-hydrogen) atoms. The molecular weight excluding hydrogens is 310 g/mol. The predicted octanol–water partition coefficient (Wildman–Crippen LogP) is 4.83. The van der Waals surface area contributed by atoms with Gasteiger partial charge in [-0.05, 0) is 59.9 Å². The Morgan fingerprint density at radius 3 is 2.20 bits per heavy atom. The number of hydrogen-bond donors (Lipinski definition) is 1. The summed E-state index contributed by atoms with van der Waals surface area (Å²) in [5.74, 6) is 0.548. The highest BCUT2D eigenvalue weighted by Crippen LogP contribution is 2.23. The van der Waals surface area contributed by atoms with Crippen LogP contribution in [0, 0.1) is 0 Å². The van der Waals surface area contributed by atoms with E-state index in [-0.39, 0.29) is 5.97 Å². The largest absolute Gasteiger partial charge is 0.423 e. The summed E-state index contributed by atoms with van der Waals surface area (Å²) in [4.78, 5) is 12.1. The number of benzene rings is 3. The molecule has 0 aliphatic heterocycles. The lowest BCUT2D eigenvalue weighted by molar-refractivity contribution is 0.0735. The molecule has 0 fully saturated rings. The fraction of sp³-hybridized carbons (Fsp3) is 0.136. The van der Waals surface area contributed by atoms with Gasteiger partial charge in [-0.2, -0.15) is 0 Å². The van der Waals surface area contributed by atoms with Crippen LogP contribution >= 0.6 is 0 Å². The number of nitrogen functional groups attached to an aromatic ring is 1. The van der Waals surface area contributed by atoms with Crippen molar-refractivity contribution < 1.29 is 9.53 Å². The molecule has 3 aromatic rings. The molecule has 3 rings (SSSR count). The van der Waals surface area contributed by atoms with Gasteiger partial charge in [0.15, 0.2) is 0 Å². The van der Waals surface area contributed by atoms with Gasteiger partial charge in [-0.25, -0.2) is 4.79 Å². The first kappa shape index (κ1) is 16.8. The van der Waals surface area contributed by atoms with Crippen molar-refractivity contribution in [2.24, 2.45) is 0 Å². The number of hydrogen-bond acceptors (Lipinski definition) is 3. The second-order valence-corrected chi connectivity index (χ2v) is 6.17. The van der Waals surface area contributed by atoms with Gasteiger partial charge >= 0.3 is 5.97 Å². The molecule has 3 nitrogen and oxygen atoms in total. The second-order valence-electron chi connectivity index (χ2n) is 6.17. The average molecular weight is 331 g/mol. The molecule has 0 spiro atoms. The van der Waals surface area contributed by atoms with E-state index in [1.807, 2.05) is 30.3 Å². The fourth-order valence-corrected chi connectivity index (χ4v) is 2.74. The Morgan fingerprint density at radius 2 is 1.56 bits per heavy atom. The molecule has 3 heteroatoms. The van der Waals surface area contributed by atoms with E-state index in [1.165, 1.54) is 11.1 Å². The number of anilines is 1. The molecule has 0 saturated carbocycles. The normalized spacial score (nSPS) is 11.7. The molecule has 0 heterocycles. The number of nitrogens with two attached hydrogens (primary N) is 1. The van der Waals surface area contributed by atoms with Crippen LogP contribution in [0.5, 0.6) is 5.75 Å². The highest BCUT2D eigenvalue weighted by molar-refractivity contribution is 5.91. The van der Waals surface area contributed by atoms with Gasteiger partial charge in [0.25, 0.3) is 0 Å². The molecule has 1 atom stereocenters. The van der Waals surface area contributed by atoms with E-state index in [2.05, 4.69) is 31.2 Å². The van der Waals surface area contributed by atoms with Crippen molar-refractivity contribution >= 4 is 11.7 Å². The highest BCUT2D eigenvalue weighted by atomic mass is 16.5. The van der Waals surface area contributed by atoms with Crippen LogP contribution in [0.2, 0.25) is 0 Å². The van der Waals surface area contributed by atoms with E-state index in [0.29, 0.717) is 22.9 Å². The van der Waals surface area contributed by atoms with Crippen LogP contribution in [0.4, 0.5) is 5.69 Å². The van der Waals surface area contributed by atoms with Gasteiger partial charge in [0.05, 0.1) is 5.56 Å². The maximum atomic E-state index is 12.1. The number of rotatable bonds is 5. The molecule has 0 bridgehead atoms. The Balaban J connectivity index is 1.63. The maximum absolute atomic E-state index is 12.1. The molecule has 0 aromatic heterocycles. The van der Waals surface area contributed by atoms with Crippen molar-refractivity contribution in [2.45, 2.75) is 19.3 Å². The summed E-state index contributed by atoms with van der Waals surface area (Å²) in [5.41, 5.74) is 9.26. The molecule has 2 N–H and O–H groups in total. The third kappa shape index (κ3) is 4.48. The zero-order valence-electron chi connectivity index (χ0n) is 14.2. The van der Waals surface area contributed by atoms with E-state index in [9.17, 15) is 4.79 Å². The van der Waals surface area contributed by atoms with Crippen LogP contribution < -0.4 is 10.5 Å². The molecule has 0 aliphatic carbocycles. The summed E-state index contributed by atoms with van der Waals surface area (Å²) in [6.07, 6.45) is 0.978. The molecule has 0 saturated heterocycles. The van der Waals surface area contributed by atoms with Gasteiger partial charge in [0.1, 0.15) is 5.75 Å². The summed E-state index contributed by atoms with van der Waals surface area (Å²) in [6.45, 7) is 2.20. The third-order valence-corrected chi connectivity index (χ3v) is 4.19. The first-order valence-electron chi connectivity index (χ1n) is 8.33. The smallest absolute Gasteiger partial charge is 0.343 e. The van der Waals surface area contributed by atoms with E-state index in [0.717, 1.165) is 6.42 Å². The maximum Gasteiger partial charge on any atom is 0.343 e. The molecule has 0 radical (unpaired) electrons. The number of carbonyl (C=O) groups excluding carboxylic acids is 1. The van der Waals surface area contributed by atoms with Gasteiger partial charge in [-0.3, -0.25) is 0 Å². The lowest BCUT2D eigenvalue weighted by Crippen LogP contribution is -2.08. The van der Waals surface area contributed by atoms with Gasteiger partial charge in [0, 0.05) is 5.69 Å². The van der Waals surface area contributed by atoms with E-state index >= 15 is 0 Å². The molecule has 1 unspecified atom stereocenters. The number of ether oxygens (including phenoxy) is 1. The Bertz CT molecular complexity index is 824. The monoisotopic (exact) mass is 331 g/mol. The average Bonchev–Trinajstić information content (AvgIpc) is 2.63. The topological polar surface area (TPSA) is 52.3 Å². The van der Waals surface area contributed by atoms with Crippen LogP contribution in [0.3, 0.4) is 0 Å². The first-order chi connectivity index (χ1) is 12.1. The van der Waals surface area contributed by atoms with Crippen LogP contribution in [0.15, 0.2) is 78.9 Å². The van der Waals surface area contributed by atoms with Crippen molar-refractivity contribution in [1.29, 1.82) is 0 Å². The Kier molecular flexibility index (Phi) is 5.14. The van der Waals surface area contributed by atoms with Crippen molar-refractivity contribution in [3.8, 4) is 5.75 Å². The summed E-state index contributed by atoms with van der Waals surface area (Å²) in [5, 5.41) is 0. The van der Waals surface area contributed by atoms with Crippen molar-refractivity contribution in [3.63, 3.8) is 0 Å². The first-order valence-corrected chi connectivity index (χ1v) is 8.33. The van der Waals surface area contributed by atoms with Crippen LogP contribution in [-0.2, 0) is 6.42 Å². The lowest BCUT2D eigenvalue weighted by atomic mass is 9.94. The third-order valence-electron chi connectivity index (χ3n) is 4.19. The quantitative estimate of drug-likeness (QED) is 0.414. The van der Waals surface area contributed by atoms with Crippen LogP contribution in [0.25, 0.3) is 0 Å². The zero-order valence-corrected chi connectivity index (χ0v) is 14.2. The Labute approximate surface area is 148 Å². The molecule has 126 valence electrons. The molecular formula is C22H21NO2. The van der Waals surface area contributed by atoms with Crippen molar-refractivity contribution in [3.05, 3.63) is 95.6 Å². The lowest BCUT2D eigenvalue weighted by Gasteiger charge is -2.13. The summed E-state index contributed by atoms with van der Waals surface area (Å²) in [6, 6.07) is 24.8. The highest BCUT2D eigenvalue weighted by Gasteiger charge is 2.10. The zero-order chi connectivity index (χ0) is 17.6.